The number of hydrogen-bond acceptors (Lipinski definition) is 9. The van der Waals surface area contributed by atoms with Gasteiger partial charge in [-0.05, 0) is 6.42 Å². The number of esters is 2. The van der Waals surface area contributed by atoms with E-state index in [0.717, 1.165) is 0 Å². The first-order valence-electron chi connectivity index (χ1n) is 7.83. The second-order valence-electron chi connectivity index (χ2n) is 6.32. The zero-order valence-electron chi connectivity index (χ0n) is 13.7. The van der Waals surface area contributed by atoms with Gasteiger partial charge in [0.25, 0.3) is 0 Å². The van der Waals surface area contributed by atoms with Crippen molar-refractivity contribution in [3.63, 3.8) is 0 Å². The number of aromatic nitrogens is 4. The first-order chi connectivity index (χ1) is 11.9. The van der Waals surface area contributed by atoms with Gasteiger partial charge in [-0.3, -0.25) is 14.2 Å². The van der Waals surface area contributed by atoms with Crippen LogP contribution in [0.5, 0.6) is 0 Å². The zero-order chi connectivity index (χ0) is 17.8. The summed E-state index contributed by atoms with van der Waals surface area (Å²) in [4.78, 5) is 35.0. The normalized spacial score (nSPS) is 30.1. The van der Waals surface area contributed by atoms with Crippen molar-refractivity contribution in [2.24, 2.45) is 5.92 Å². The Labute approximate surface area is 142 Å². The third kappa shape index (κ3) is 2.49. The molecule has 4 rings (SSSR count). The molecule has 1 saturated carbocycles. The summed E-state index contributed by atoms with van der Waals surface area (Å²) < 4.78 is 18.4. The fourth-order valence-electron chi connectivity index (χ4n) is 3.40. The molecule has 25 heavy (non-hydrogen) atoms. The quantitative estimate of drug-likeness (QED) is 0.770. The number of nitrogens with two attached hydrogens (primary N) is 1. The van der Waals surface area contributed by atoms with E-state index in [1.54, 1.807) is 4.57 Å². The lowest BCUT2D eigenvalue weighted by Gasteiger charge is -2.24. The van der Waals surface area contributed by atoms with E-state index in [2.05, 4.69) is 15.0 Å². The largest absolute Gasteiger partial charge is 0.463 e. The summed E-state index contributed by atoms with van der Waals surface area (Å²) in [5.74, 6) is -0.597. The molecule has 1 aliphatic carbocycles. The number of nitrogen functional groups attached to an aromatic ring is 1. The van der Waals surface area contributed by atoms with Crippen molar-refractivity contribution in [1.29, 1.82) is 0 Å². The third-order valence-corrected chi connectivity index (χ3v) is 4.60. The second kappa shape index (κ2) is 5.38. The summed E-state index contributed by atoms with van der Waals surface area (Å²) in [7, 11) is 0. The standard InChI is InChI=1S/C15H17N5O5/c1-7(21)23-4-15-3-9(15)11(24-8(2)22)14(25-15)20-6-19-10-12(16)17-5-18-13(10)20/h5-6,9,11,14H,3-4H2,1-2H3,(H2,16,17,18)/t9-,11+,14+,15+/m0/s1. The smallest absolute Gasteiger partial charge is 0.303 e. The molecule has 1 saturated heterocycles. The van der Waals surface area contributed by atoms with E-state index in [1.807, 2.05) is 0 Å². The van der Waals surface area contributed by atoms with Crippen molar-refractivity contribution >= 4 is 28.9 Å². The summed E-state index contributed by atoms with van der Waals surface area (Å²) in [5, 5.41) is 0. The Balaban J connectivity index is 1.68. The number of ether oxygens (including phenoxy) is 3. The predicted octanol–water partition coefficient (Wildman–Crippen LogP) is 0.191. The summed E-state index contributed by atoms with van der Waals surface area (Å²) >= 11 is 0. The molecule has 10 heteroatoms. The number of hydrogen-bond donors (Lipinski definition) is 1. The molecule has 3 heterocycles. The van der Waals surface area contributed by atoms with Crippen LogP contribution < -0.4 is 5.73 Å². The van der Waals surface area contributed by atoms with Crippen molar-refractivity contribution in [3.05, 3.63) is 12.7 Å². The predicted molar refractivity (Wildman–Crippen MR) is 82.9 cm³/mol. The number of nitrogens with zero attached hydrogens (tertiary/aromatic N) is 4. The van der Waals surface area contributed by atoms with Gasteiger partial charge in [-0.25, -0.2) is 15.0 Å². The molecular formula is C15H17N5O5. The van der Waals surface area contributed by atoms with Gasteiger partial charge in [-0.15, -0.1) is 0 Å². The molecule has 0 radical (unpaired) electrons. The van der Waals surface area contributed by atoms with Gasteiger partial charge in [-0.2, -0.15) is 0 Å². The molecule has 2 aliphatic rings. The molecule has 1 aliphatic heterocycles. The molecular weight excluding hydrogens is 330 g/mol. The van der Waals surface area contributed by atoms with E-state index < -0.39 is 23.9 Å². The minimum absolute atomic E-state index is 0.0580. The summed E-state index contributed by atoms with van der Waals surface area (Å²) in [6.45, 7) is 2.80. The molecule has 2 fully saturated rings. The molecule has 2 N–H and O–H groups in total. The zero-order valence-corrected chi connectivity index (χ0v) is 13.7. The summed E-state index contributed by atoms with van der Waals surface area (Å²) in [5.41, 5.74) is 6.10. The van der Waals surface area contributed by atoms with Crippen LogP contribution in [0.1, 0.15) is 26.5 Å². The van der Waals surface area contributed by atoms with Crippen LogP contribution in [-0.4, -0.2) is 49.8 Å². The SMILES string of the molecule is CC(=O)OC[C@]12C[C@H]1[C@@H](OC(C)=O)[C@H](n1cnc3c(N)ncnc31)O2. The average molecular weight is 347 g/mol. The van der Waals surface area contributed by atoms with E-state index in [1.165, 1.54) is 26.5 Å². The molecule has 132 valence electrons. The highest BCUT2D eigenvalue weighted by molar-refractivity contribution is 5.81. The molecule has 10 nitrogen and oxygen atoms in total. The van der Waals surface area contributed by atoms with Crippen LogP contribution in [0, 0.1) is 5.92 Å². The molecule has 2 aromatic rings. The molecule has 2 aromatic heterocycles. The fourth-order valence-corrected chi connectivity index (χ4v) is 3.40. The minimum Gasteiger partial charge on any atom is -0.463 e. The Bertz CT molecular complexity index is 867. The van der Waals surface area contributed by atoms with E-state index in [-0.39, 0.29) is 24.3 Å². The van der Waals surface area contributed by atoms with Crippen molar-refractivity contribution in [2.75, 3.05) is 12.3 Å². The average Bonchev–Trinajstić information content (AvgIpc) is 2.93. The Morgan fingerprint density at radius 2 is 2.16 bits per heavy atom. The third-order valence-electron chi connectivity index (χ3n) is 4.60. The van der Waals surface area contributed by atoms with Gasteiger partial charge < -0.3 is 19.9 Å². The number of imidazole rings is 1. The first-order valence-corrected chi connectivity index (χ1v) is 7.83. The monoisotopic (exact) mass is 347 g/mol. The molecule has 0 bridgehead atoms. The highest BCUT2D eigenvalue weighted by Gasteiger charge is 2.70. The van der Waals surface area contributed by atoms with Crippen molar-refractivity contribution < 1.29 is 23.8 Å². The Morgan fingerprint density at radius 3 is 2.88 bits per heavy atom. The lowest BCUT2D eigenvalue weighted by molar-refractivity contribution is -0.160. The maximum atomic E-state index is 11.5. The number of fused-ring (bicyclic) bond motifs is 2. The van der Waals surface area contributed by atoms with E-state index >= 15 is 0 Å². The van der Waals surface area contributed by atoms with E-state index in [0.29, 0.717) is 17.6 Å². The summed E-state index contributed by atoms with van der Waals surface area (Å²) in [6, 6.07) is 0. The number of rotatable bonds is 4. The number of carbonyl (C=O) groups is 2. The van der Waals surface area contributed by atoms with Gasteiger partial charge in [0, 0.05) is 19.8 Å². The lowest BCUT2D eigenvalue weighted by Crippen LogP contribution is -2.28. The topological polar surface area (TPSA) is 131 Å². The van der Waals surface area contributed by atoms with Gasteiger partial charge in [0.1, 0.15) is 24.1 Å². The van der Waals surface area contributed by atoms with Crippen LogP contribution in [0.25, 0.3) is 11.2 Å². The van der Waals surface area contributed by atoms with Crippen molar-refractivity contribution in [3.8, 4) is 0 Å². The molecule has 0 aromatic carbocycles. The molecule has 0 unspecified atom stereocenters. The highest BCUT2D eigenvalue weighted by atomic mass is 16.6. The molecule has 0 amide bonds. The van der Waals surface area contributed by atoms with Crippen LogP contribution in [0.15, 0.2) is 12.7 Å². The fraction of sp³-hybridized carbons (Fsp3) is 0.533. The number of anilines is 1. The maximum Gasteiger partial charge on any atom is 0.303 e. The Hall–Kier alpha value is -2.75. The molecule has 4 atom stereocenters. The van der Waals surface area contributed by atoms with E-state index in [4.69, 9.17) is 19.9 Å². The minimum atomic E-state index is -0.647. The lowest BCUT2D eigenvalue weighted by atomic mass is 10.2. The number of carbonyl (C=O) groups excluding carboxylic acids is 2. The van der Waals surface area contributed by atoms with Crippen molar-refractivity contribution in [2.45, 2.75) is 38.2 Å². The molecule has 0 spiro atoms. The van der Waals surface area contributed by atoms with Gasteiger partial charge >= 0.3 is 11.9 Å². The highest BCUT2D eigenvalue weighted by Crippen LogP contribution is 2.60. The van der Waals surface area contributed by atoms with Crippen LogP contribution in [-0.2, 0) is 23.8 Å². The van der Waals surface area contributed by atoms with Gasteiger partial charge in [0.2, 0.25) is 0 Å². The summed E-state index contributed by atoms with van der Waals surface area (Å²) in [6.07, 6.45) is 2.36. The van der Waals surface area contributed by atoms with E-state index in [9.17, 15) is 9.59 Å². The van der Waals surface area contributed by atoms with Gasteiger partial charge in [0.15, 0.2) is 23.8 Å². The maximum absolute atomic E-state index is 11.5. The van der Waals surface area contributed by atoms with Crippen LogP contribution in [0.4, 0.5) is 5.82 Å². The van der Waals surface area contributed by atoms with Crippen LogP contribution in [0.3, 0.4) is 0 Å². The van der Waals surface area contributed by atoms with Gasteiger partial charge in [-0.1, -0.05) is 0 Å². The Kier molecular flexibility index (Phi) is 3.39. The van der Waals surface area contributed by atoms with Gasteiger partial charge in [0.05, 0.1) is 6.33 Å². The first kappa shape index (κ1) is 15.8. The van der Waals surface area contributed by atoms with Crippen LogP contribution in [0.2, 0.25) is 0 Å². The second-order valence-corrected chi connectivity index (χ2v) is 6.32. The van der Waals surface area contributed by atoms with Crippen molar-refractivity contribution in [1.82, 2.24) is 19.5 Å². The van der Waals surface area contributed by atoms with Crippen LogP contribution >= 0.6 is 0 Å². The Morgan fingerprint density at radius 1 is 1.36 bits per heavy atom.